The minimum Gasteiger partial charge on any atom is -0.497 e. The van der Waals surface area contributed by atoms with Crippen LogP contribution in [0.4, 0.5) is 0 Å². The van der Waals surface area contributed by atoms with Gasteiger partial charge in [0.2, 0.25) is 5.91 Å². The SMILES string of the molecule is COc1ccc(OC)c(CC(=O)NC(CCC(C)(C)C)C(=O)O)c1. The number of nitrogens with one attached hydrogen (secondary N) is 1. The van der Waals surface area contributed by atoms with Gasteiger partial charge in [0.05, 0.1) is 20.6 Å². The molecule has 0 spiro atoms. The molecule has 1 aromatic carbocycles. The second-order valence-electron chi connectivity index (χ2n) is 6.91. The zero-order valence-corrected chi connectivity index (χ0v) is 15.0. The van der Waals surface area contributed by atoms with Gasteiger partial charge in [0, 0.05) is 5.56 Å². The molecule has 1 aromatic rings. The number of carboxylic acid groups (broad SMARTS) is 1. The summed E-state index contributed by atoms with van der Waals surface area (Å²) in [7, 11) is 3.06. The molecule has 0 aliphatic carbocycles. The van der Waals surface area contributed by atoms with Crippen LogP contribution in [0.5, 0.6) is 11.5 Å². The first-order valence-electron chi connectivity index (χ1n) is 7.89. The molecule has 1 unspecified atom stereocenters. The lowest BCUT2D eigenvalue weighted by Crippen LogP contribution is -2.42. The average Bonchev–Trinajstić information content (AvgIpc) is 2.50. The summed E-state index contributed by atoms with van der Waals surface area (Å²) in [5.74, 6) is -0.207. The number of aliphatic carboxylic acids is 1. The highest BCUT2D eigenvalue weighted by molar-refractivity contribution is 5.85. The van der Waals surface area contributed by atoms with Crippen molar-refractivity contribution in [1.82, 2.24) is 5.32 Å². The first-order chi connectivity index (χ1) is 11.2. The highest BCUT2D eigenvalue weighted by Gasteiger charge is 2.23. The summed E-state index contributed by atoms with van der Waals surface area (Å²) in [6.07, 6.45) is 1.12. The lowest BCUT2D eigenvalue weighted by Gasteiger charge is -2.21. The number of carboxylic acids is 1. The van der Waals surface area contributed by atoms with Crippen LogP contribution >= 0.6 is 0 Å². The van der Waals surface area contributed by atoms with Crippen LogP contribution in [0.1, 0.15) is 39.2 Å². The van der Waals surface area contributed by atoms with E-state index >= 15 is 0 Å². The van der Waals surface area contributed by atoms with Gasteiger partial charge in [-0.15, -0.1) is 0 Å². The Kier molecular flexibility index (Phi) is 7.07. The maximum Gasteiger partial charge on any atom is 0.326 e. The van der Waals surface area contributed by atoms with E-state index in [9.17, 15) is 14.7 Å². The third kappa shape index (κ3) is 6.48. The van der Waals surface area contributed by atoms with Crippen LogP contribution in [-0.4, -0.2) is 37.2 Å². The number of hydrogen-bond donors (Lipinski definition) is 2. The van der Waals surface area contributed by atoms with Crippen molar-refractivity contribution in [2.24, 2.45) is 5.41 Å². The van der Waals surface area contributed by atoms with E-state index in [0.29, 0.717) is 29.9 Å². The van der Waals surface area contributed by atoms with Gasteiger partial charge in [-0.1, -0.05) is 20.8 Å². The number of benzene rings is 1. The van der Waals surface area contributed by atoms with Crippen molar-refractivity contribution >= 4 is 11.9 Å². The van der Waals surface area contributed by atoms with Crippen LogP contribution in [0.15, 0.2) is 18.2 Å². The van der Waals surface area contributed by atoms with Crippen LogP contribution in [0.25, 0.3) is 0 Å². The number of methoxy groups -OCH3 is 2. The zero-order chi connectivity index (χ0) is 18.3. The smallest absolute Gasteiger partial charge is 0.326 e. The lowest BCUT2D eigenvalue weighted by molar-refractivity contribution is -0.142. The maximum atomic E-state index is 12.2. The summed E-state index contributed by atoms with van der Waals surface area (Å²) in [5.41, 5.74) is 0.656. The molecule has 1 atom stereocenters. The minimum absolute atomic E-state index is 0.00838. The molecule has 0 fully saturated rings. The van der Waals surface area contributed by atoms with E-state index < -0.39 is 12.0 Å². The second kappa shape index (κ2) is 8.57. The predicted octanol–water partition coefficient (Wildman–Crippen LogP) is 2.64. The fourth-order valence-corrected chi connectivity index (χ4v) is 2.27. The molecule has 0 saturated carbocycles. The van der Waals surface area contributed by atoms with E-state index in [0.717, 1.165) is 0 Å². The Balaban J connectivity index is 2.77. The molecule has 24 heavy (non-hydrogen) atoms. The first kappa shape index (κ1) is 19.8. The van der Waals surface area contributed by atoms with Gasteiger partial charge in [0.1, 0.15) is 17.5 Å². The largest absolute Gasteiger partial charge is 0.497 e. The first-order valence-corrected chi connectivity index (χ1v) is 7.89. The number of carbonyl (C=O) groups is 2. The molecule has 1 rings (SSSR count). The second-order valence-corrected chi connectivity index (χ2v) is 6.91. The molecule has 0 bridgehead atoms. The van der Waals surface area contributed by atoms with Crippen molar-refractivity contribution in [3.63, 3.8) is 0 Å². The number of hydrogen-bond acceptors (Lipinski definition) is 4. The molecule has 134 valence electrons. The number of rotatable bonds is 8. The van der Waals surface area contributed by atoms with Crippen molar-refractivity contribution in [2.45, 2.75) is 46.1 Å². The van der Waals surface area contributed by atoms with Crippen LogP contribution in [0.2, 0.25) is 0 Å². The number of carbonyl (C=O) groups excluding carboxylic acids is 1. The van der Waals surface area contributed by atoms with Gasteiger partial charge in [-0.3, -0.25) is 4.79 Å². The Morgan fingerprint density at radius 2 is 1.88 bits per heavy atom. The zero-order valence-electron chi connectivity index (χ0n) is 15.0. The van der Waals surface area contributed by atoms with E-state index in [1.165, 1.54) is 7.11 Å². The third-order valence-electron chi connectivity index (χ3n) is 3.65. The van der Waals surface area contributed by atoms with Gasteiger partial charge < -0.3 is 19.9 Å². The fourth-order valence-electron chi connectivity index (χ4n) is 2.27. The molecule has 6 heteroatoms. The molecular formula is C18H27NO5. The van der Waals surface area contributed by atoms with E-state index in [4.69, 9.17) is 9.47 Å². The van der Waals surface area contributed by atoms with Gasteiger partial charge in [0.25, 0.3) is 0 Å². The molecular weight excluding hydrogens is 310 g/mol. The molecule has 1 amide bonds. The topological polar surface area (TPSA) is 84.9 Å². The van der Waals surface area contributed by atoms with Gasteiger partial charge in [0.15, 0.2) is 0 Å². The Hall–Kier alpha value is -2.24. The summed E-state index contributed by atoms with van der Waals surface area (Å²) < 4.78 is 10.4. The average molecular weight is 337 g/mol. The molecule has 0 saturated heterocycles. The minimum atomic E-state index is -1.02. The summed E-state index contributed by atoms with van der Waals surface area (Å²) in [4.78, 5) is 23.6. The quantitative estimate of drug-likeness (QED) is 0.762. The lowest BCUT2D eigenvalue weighted by atomic mass is 9.88. The van der Waals surface area contributed by atoms with Gasteiger partial charge in [-0.25, -0.2) is 4.79 Å². The monoisotopic (exact) mass is 337 g/mol. The summed E-state index contributed by atoms with van der Waals surface area (Å²) in [6, 6.07) is 4.27. The van der Waals surface area contributed by atoms with E-state index in [2.05, 4.69) is 5.32 Å². The Morgan fingerprint density at radius 3 is 2.38 bits per heavy atom. The number of amides is 1. The molecule has 6 nitrogen and oxygen atoms in total. The van der Waals surface area contributed by atoms with Crippen molar-refractivity contribution in [3.8, 4) is 11.5 Å². The van der Waals surface area contributed by atoms with Crippen LogP contribution in [0, 0.1) is 5.41 Å². The number of ether oxygens (including phenoxy) is 2. The molecule has 0 aliphatic heterocycles. The van der Waals surface area contributed by atoms with Crippen molar-refractivity contribution < 1.29 is 24.2 Å². The fraction of sp³-hybridized carbons (Fsp3) is 0.556. The highest BCUT2D eigenvalue weighted by atomic mass is 16.5. The van der Waals surface area contributed by atoms with E-state index in [-0.39, 0.29) is 17.7 Å². The molecule has 0 aromatic heterocycles. The summed E-state index contributed by atoms with van der Waals surface area (Å²) in [6.45, 7) is 6.11. The maximum absolute atomic E-state index is 12.2. The van der Waals surface area contributed by atoms with Crippen molar-refractivity contribution in [2.75, 3.05) is 14.2 Å². The summed E-state index contributed by atoms with van der Waals surface area (Å²) >= 11 is 0. The predicted molar refractivity (Wildman–Crippen MR) is 91.5 cm³/mol. The van der Waals surface area contributed by atoms with Gasteiger partial charge >= 0.3 is 5.97 Å². The molecule has 2 N–H and O–H groups in total. The van der Waals surface area contributed by atoms with Crippen LogP contribution in [0.3, 0.4) is 0 Å². The Morgan fingerprint density at radius 1 is 1.21 bits per heavy atom. The Bertz CT molecular complexity index is 577. The van der Waals surface area contributed by atoms with Gasteiger partial charge in [-0.05, 0) is 36.5 Å². The molecule has 0 radical (unpaired) electrons. The standard InChI is InChI=1S/C18H27NO5/c1-18(2,3)9-8-14(17(21)22)19-16(20)11-12-10-13(23-4)6-7-15(12)24-5/h6-7,10,14H,8-9,11H2,1-5H3,(H,19,20)(H,21,22). The molecule has 0 heterocycles. The summed E-state index contributed by atoms with van der Waals surface area (Å²) in [5, 5.41) is 11.9. The van der Waals surface area contributed by atoms with Crippen LogP contribution in [-0.2, 0) is 16.0 Å². The van der Waals surface area contributed by atoms with Crippen molar-refractivity contribution in [3.05, 3.63) is 23.8 Å². The normalized spacial score (nSPS) is 12.4. The third-order valence-corrected chi connectivity index (χ3v) is 3.65. The molecule has 0 aliphatic rings. The van der Waals surface area contributed by atoms with E-state index in [1.54, 1.807) is 25.3 Å². The van der Waals surface area contributed by atoms with Crippen molar-refractivity contribution in [1.29, 1.82) is 0 Å². The van der Waals surface area contributed by atoms with E-state index in [1.807, 2.05) is 20.8 Å². The van der Waals surface area contributed by atoms with Gasteiger partial charge in [-0.2, -0.15) is 0 Å². The Labute approximate surface area is 143 Å². The highest BCUT2D eigenvalue weighted by Crippen LogP contribution is 2.25. The van der Waals surface area contributed by atoms with Crippen LogP contribution < -0.4 is 14.8 Å².